The fourth-order valence-corrected chi connectivity index (χ4v) is 13.6. The van der Waals surface area contributed by atoms with Crippen molar-refractivity contribution in [2.24, 2.45) is 5.92 Å². The molecule has 3 N–H and O–H groups in total. The number of esters is 4. The minimum atomic E-state index is -4.96. The van der Waals surface area contributed by atoms with Crippen LogP contribution >= 0.6 is 15.6 Å². The maximum Gasteiger partial charge on any atom is 0.472 e. The summed E-state index contributed by atoms with van der Waals surface area (Å²) < 4.78 is 68.6. The molecule has 5 atom stereocenters. The van der Waals surface area contributed by atoms with Gasteiger partial charge in [-0.15, -0.1) is 0 Å². The molecule has 0 radical (unpaired) electrons. The van der Waals surface area contributed by atoms with Crippen molar-refractivity contribution in [1.82, 2.24) is 0 Å². The van der Waals surface area contributed by atoms with Crippen LogP contribution in [0.25, 0.3) is 0 Å². The molecule has 0 saturated carbocycles. The van der Waals surface area contributed by atoms with Gasteiger partial charge >= 0.3 is 39.5 Å². The van der Waals surface area contributed by atoms with Gasteiger partial charge in [0.25, 0.3) is 0 Å². The number of rotatable bonds is 78. The smallest absolute Gasteiger partial charge is 0.462 e. The Morgan fingerprint density at radius 3 is 0.701 bits per heavy atom. The molecule has 19 heteroatoms. The Hall–Kier alpha value is -1.94. The molecule has 17 nitrogen and oxygen atoms in total. The predicted molar refractivity (Wildman–Crippen MR) is 395 cm³/mol. The van der Waals surface area contributed by atoms with Crippen LogP contribution in [0, 0.1) is 5.92 Å². The molecule has 0 aromatic rings. The van der Waals surface area contributed by atoms with Gasteiger partial charge in [-0.2, -0.15) is 0 Å². The average molecular weight is 1420 g/mol. The van der Waals surface area contributed by atoms with Gasteiger partial charge in [0, 0.05) is 25.7 Å². The van der Waals surface area contributed by atoms with Crippen molar-refractivity contribution in [1.29, 1.82) is 0 Å². The molecule has 0 fully saturated rings. The molecule has 97 heavy (non-hydrogen) atoms. The summed E-state index contributed by atoms with van der Waals surface area (Å²) >= 11 is 0. The first-order valence-corrected chi connectivity index (χ1v) is 43.6. The molecule has 0 heterocycles. The number of carbonyl (C=O) groups excluding carboxylic acids is 4. The molecule has 2 unspecified atom stereocenters. The van der Waals surface area contributed by atoms with Crippen molar-refractivity contribution in [3.63, 3.8) is 0 Å². The standard InChI is InChI=1S/C78H152O17P2/c1-6-9-12-15-18-21-24-25-26-27-28-29-30-33-39-44-49-54-59-64-78(83)95-74(68-89-76(81)62-57-52-47-42-38-34-31-32-37-40-45-50-55-60-71(4)5)70-93-97(86,87)91-66-72(79)65-90-96(84,85)92-69-73(94-77(82)63-58-53-48-43-36-23-20-17-14-11-8-3)67-88-75(80)61-56-51-46-41-35-22-19-16-13-10-7-2/h71-74,79H,6-70H2,1-5H3,(H,84,85)(H,86,87)/t72-,73+,74+/m0/s1. The molecular weight excluding hydrogens is 1270 g/mol. The summed E-state index contributed by atoms with van der Waals surface area (Å²) in [5.41, 5.74) is 0. The minimum absolute atomic E-state index is 0.108. The Balaban J connectivity index is 5.22. The van der Waals surface area contributed by atoms with Crippen molar-refractivity contribution in [3.05, 3.63) is 0 Å². The number of carbonyl (C=O) groups is 4. The van der Waals surface area contributed by atoms with E-state index >= 15 is 0 Å². The van der Waals surface area contributed by atoms with Gasteiger partial charge < -0.3 is 33.8 Å². The van der Waals surface area contributed by atoms with E-state index in [9.17, 15) is 43.2 Å². The van der Waals surface area contributed by atoms with E-state index in [2.05, 4.69) is 34.6 Å². The van der Waals surface area contributed by atoms with Gasteiger partial charge in [0.1, 0.15) is 19.3 Å². The van der Waals surface area contributed by atoms with Gasteiger partial charge in [0.15, 0.2) is 12.2 Å². The van der Waals surface area contributed by atoms with E-state index in [4.69, 9.17) is 37.0 Å². The van der Waals surface area contributed by atoms with E-state index in [0.717, 1.165) is 95.8 Å². The van der Waals surface area contributed by atoms with Crippen LogP contribution in [0.1, 0.15) is 413 Å². The number of aliphatic hydroxyl groups is 1. The first-order valence-electron chi connectivity index (χ1n) is 40.6. The summed E-state index contributed by atoms with van der Waals surface area (Å²) in [5.74, 6) is -1.32. The lowest BCUT2D eigenvalue weighted by Crippen LogP contribution is -2.30. The van der Waals surface area contributed by atoms with Crippen LogP contribution in [-0.4, -0.2) is 96.7 Å². The van der Waals surface area contributed by atoms with Gasteiger partial charge in [0.2, 0.25) is 0 Å². The zero-order valence-corrected chi connectivity index (χ0v) is 65.0. The Morgan fingerprint density at radius 2 is 0.474 bits per heavy atom. The number of phosphoric acid groups is 2. The van der Waals surface area contributed by atoms with E-state index in [1.165, 1.54) is 238 Å². The lowest BCUT2D eigenvalue weighted by Gasteiger charge is -2.21. The maximum atomic E-state index is 13.1. The number of hydrogen-bond donors (Lipinski definition) is 3. The Kier molecular flexibility index (Phi) is 69.6. The number of ether oxygens (including phenoxy) is 4. The van der Waals surface area contributed by atoms with Crippen LogP contribution < -0.4 is 0 Å². The summed E-state index contributed by atoms with van der Waals surface area (Å²) in [5, 5.41) is 10.6. The molecule has 0 amide bonds. The van der Waals surface area contributed by atoms with E-state index < -0.39 is 97.5 Å². The molecule has 0 spiro atoms. The third-order valence-electron chi connectivity index (χ3n) is 18.3. The van der Waals surface area contributed by atoms with E-state index in [1.807, 2.05) is 0 Å². The number of hydrogen-bond acceptors (Lipinski definition) is 15. The summed E-state index contributed by atoms with van der Waals surface area (Å²) in [6.07, 6.45) is 60.9. The first kappa shape index (κ1) is 95.1. The van der Waals surface area contributed by atoms with Gasteiger partial charge in [-0.05, 0) is 31.6 Å². The molecular formula is C78H152O17P2. The van der Waals surface area contributed by atoms with Gasteiger partial charge in [-0.25, -0.2) is 9.13 Å². The van der Waals surface area contributed by atoms with Crippen molar-refractivity contribution >= 4 is 39.5 Å². The van der Waals surface area contributed by atoms with Crippen LogP contribution in [0.2, 0.25) is 0 Å². The highest BCUT2D eigenvalue weighted by Gasteiger charge is 2.30. The SMILES string of the molecule is CCCCCCCCCCCCCCCCCCCCCC(=O)O[C@H](COC(=O)CCCCCCCCCCCCCCCC(C)C)COP(=O)(O)OC[C@@H](O)COP(=O)(O)OC[C@@H](COC(=O)CCCCCCCCCCCCC)OC(=O)CCCCCCCCCCCCC. The monoisotopic (exact) mass is 1420 g/mol. The van der Waals surface area contributed by atoms with Crippen LogP contribution in [-0.2, 0) is 65.4 Å². The number of aliphatic hydroxyl groups excluding tert-OH is 1. The topological polar surface area (TPSA) is 237 Å². The molecule has 0 aromatic carbocycles. The van der Waals surface area contributed by atoms with Crippen LogP contribution in [0.15, 0.2) is 0 Å². The van der Waals surface area contributed by atoms with E-state index in [-0.39, 0.29) is 25.7 Å². The van der Waals surface area contributed by atoms with E-state index in [0.29, 0.717) is 25.7 Å². The summed E-state index contributed by atoms with van der Waals surface area (Å²) in [4.78, 5) is 72.9. The van der Waals surface area contributed by atoms with Crippen molar-refractivity contribution < 1.29 is 80.2 Å². The second kappa shape index (κ2) is 71.1. The average Bonchev–Trinajstić information content (AvgIpc) is 1.19. The Labute approximate surface area is 594 Å². The second-order valence-corrected chi connectivity index (χ2v) is 31.5. The fourth-order valence-electron chi connectivity index (χ4n) is 12.1. The van der Waals surface area contributed by atoms with Gasteiger partial charge in [0.05, 0.1) is 26.4 Å². The molecule has 0 rings (SSSR count). The normalized spacial score (nSPS) is 13.9. The fraction of sp³-hybridized carbons (Fsp3) is 0.949. The number of phosphoric ester groups is 2. The zero-order chi connectivity index (χ0) is 71.2. The molecule has 0 bridgehead atoms. The second-order valence-electron chi connectivity index (χ2n) is 28.6. The largest absolute Gasteiger partial charge is 0.472 e. The minimum Gasteiger partial charge on any atom is -0.462 e. The highest BCUT2D eigenvalue weighted by Crippen LogP contribution is 2.45. The third kappa shape index (κ3) is 72.2. The molecule has 576 valence electrons. The maximum absolute atomic E-state index is 13.1. The third-order valence-corrected chi connectivity index (χ3v) is 20.2. The Morgan fingerprint density at radius 1 is 0.278 bits per heavy atom. The van der Waals surface area contributed by atoms with Crippen LogP contribution in [0.4, 0.5) is 0 Å². The van der Waals surface area contributed by atoms with E-state index in [1.54, 1.807) is 0 Å². The highest BCUT2D eigenvalue weighted by atomic mass is 31.2. The molecule has 0 aliphatic rings. The molecule has 0 aliphatic carbocycles. The lowest BCUT2D eigenvalue weighted by atomic mass is 10.0. The van der Waals surface area contributed by atoms with Crippen LogP contribution in [0.5, 0.6) is 0 Å². The summed E-state index contributed by atoms with van der Waals surface area (Å²) in [7, 11) is -9.91. The predicted octanol–water partition coefficient (Wildman–Crippen LogP) is 23.3. The summed E-state index contributed by atoms with van der Waals surface area (Å²) in [6.45, 7) is 7.32. The quantitative estimate of drug-likeness (QED) is 0.0222. The Bertz CT molecular complexity index is 1860. The molecule has 0 saturated heterocycles. The molecule has 0 aromatic heterocycles. The first-order chi connectivity index (χ1) is 47.0. The molecule has 0 aliphatic heterocycles. The zero-order valence-electron chi connectivity index (χ0n) is 63.2. The van der Waals surface area contributed by atoms with Gasteiger partial charge in [-0.1, -0.05) is 362 Å². The van der Waals surface area contributed by atoms with Crippen molar-refractivity contribution in [2.45, 2.75) is 432 Å². The lowest BCUT2D eigenvalue weighted by molar-refractivity contribution is -0.161. The van der Waals surface area contributed by atoms with Crippen LogP contribution in [0.3, 0.4) is 0 Å². The summed E-state index contributed by atoms with van der Waals surface area (Å²) in [6, 6.07) is 0. The highest BCUT2D eigenvalue weighted by molar-refractivity contribution is 7.47. The number of unbranched alkanes of at least 4 members (excludes halogenated alkanes) is 50. The van der Waals surface area contributed by atoms with Gasteiger partial charge in [-0.3, -0.25) is 37.3 Å². The van der Waals surface area contributed by atoms with Crippen molar-refractivity contribution in [2.75, 3.05) is 39.6 Å². The van der Waals surface area contributed by atoms with Crippen molar-refractivity contribution in [3.8, 4) is 0 Å².